The van der Waals surface area contributed by atoms with Crippen LogP contribution < -0.4 is 0 Å². The van der Waals surface area contributed by atoms with Crippen LogP contribution in [0.25, 0.3) is 0 Å². The molecule has 0 spiro atoms. The molecule has 4 bridgehead atoms. The molecule has 24 heavy (non-hydrogen) atoms. The molecule has 4 heteroatoms. The van der Waals surface area contributed by atoms with E-state index in [4.69, 9.17) is 9.47 Å². The molecule has 4 rings (SSSR count). The van der Waals surface area contributed by atoms with Gasteiger partial charge >= 0.3 is 11.9 Å². The molecule has 0 saturated heterocycles. The molecular formula is C20H32O4. The summed E-state index contributed by atoms with van der Waals surface area (Å²) >= 11 is 0. The maximum atomic E-state index is 12.2. The van der Waals surface area contributed by atoms with Gasteiger partial charge in [0.05, 0.1) is 12.5 Å². The molecule has 0 aromatic carbocycles. The Labute approximate surface area is 145 Å². The van der Waals surface area contributed by atoms with Gasteiger partial charge in [-0.15, -0.1) is 0 Å². The van der Waals surface area contributed by atoms with Gasteiger partial charge in [-0.2, -0.15) is 0 Å². The summed E-state index contributed by atoms with van der Waals surface area (Å²) in [4.78, 5) is 23.7. The van der Waals surface area contributed by atoms with E-state index in [2.05, 4.69) is 0 Å². The highest BCUT2D eigenvalue weighted by atomic mass is 16.5. The highest BCUT2D eigenvalue weighted by molar-refractivity contribution is 5.71. The molecule has 0 aromatic heterocycles. The van der Waals surface area contributed by atoms with Gasteiger partial charge in [0.25, 0.3) is 0 Å². The number of esters is 2. The van der Waals surface area contributed by atoms with Gasteiger partial charge in [0.1, 0.15) is 6.10 Å². The van der Waals surface area contributed by atoms with Crippen molar-refractivity contribution < 1.29 is 19.1 Å². The lowest BCUT2D eigenvalue weighted by Gasteiger charge is -2.53. The van der Waals surface area contributed by atoms with Crippen molar-refractivity contribution in [2.45, 2.75) is 77.7 Å². The first-order chi connectivity index (χ1) is 11.6. The number of ether oxygens (including phenoxy) is 2. The summed E-state index contributed by atoms with van der Waals surface area (Å²) in [6.07, 6.45) is 9.43. The van der Waals surface area contributed by atoms with Gasteiger partial charge in [0, 0.05) is 6.42 Å². The normalized spacial score (nSPS) is 34.8. The fraction of sp³-hybridized carbons (Fsp3) is 0.900. The van der Waals surface area contributed by atoms with Gasteiger partial charge in [0.2, 0.25) is 0 Å². The molecule has 0 radical (unpaired) electrons. The Kier molecular flexibility index (Phi) is 5.83. The fourth-order valence-corrected chi connectivity index (χ4v) is 5.13. The lowest BCUT2D eigenvalue weighted by atomic mass is 9.55. The van der Waals surface area contributed by atoms with Crippen LogP contribution in [0.1, 0.15) is 71.6 Å². The molecule has 0 N–H and O–H groups in total. The molecule has 4 nitrogen and oxygen atoms in total. The van der Waals surface area contributed by atoms with Crippen LogP contribution in [0.15, 0.2) is 0 Å². The molecule has 4 aliphatic carbocycles. The van der Waals surface area contributed by atoms with Gasteiger partial charge in [-0.25, -0.2) is 0 Å². The number of unbranched alkanes of at least 4 members (excludes halogenated alkanes) is 1. The zero-order valence-corrected chi connectivity index (χ0v) is 15.2. The Morgan fingerprint density at radius 2 is 1.62 bits per heavy atom. The highest BCUT2D eigenvalue weighted by Gasteiger charge is 2.49. The van der Waals surface area contributed by atoms with E-state index in [9.17, 15) is 9.59 Å². The number of hydrogen-bond donors (Lipinski definition) is 0. The second-order valence-electron chi connectivity index (χ2n) is 8.32. The average Bonchev–Trinajstić information content (AvgIpc) is 2.56. The summed E-state index contributed by atoms with van der Waals surface area (Å²) in [7, 11) is 0. The van der Waals surface area contributed by atoms with Gasteiger partial charge in [-0.1, -0.05) is 13.8 Å². The van der Waals surface area contributed by atoms with Crippen LogP contribution in [0.4, 0.5) is 0 Å². The molecule has 0 aromatic rings. The summed E-state index contributed by atoms with van der Waals surface area (Å²) in [5, 5.41) is 0. The molecular weight excluding hydrogens is 304 g/mol. The Morgan fingerprint density at radius 1 is 1.00 bits per heavy atom. The lowest BCUT2D eigenvalue weighted by molar-refractivity contribution is -0.170. The van der Waals surface area contributed by atoms with Crippen molar-refractivity contribution >= 4 is 11.9 Å². The maximum Gasteiger partial charge on any atom is 0.308 e. The first-order valence-corrected chi connectivity index (χ1v) is 9.92. The molecule has 4 aliphatic rings. The van der Waals surface area contributed by atoms with Crippen molar-refractivity contribution in [3.05, 3.63) is 0 Å². The third-order valence-corrected chi connectivity index (χ3v) is 6.44. The number of hydrogen-bond acceptors (Lipinski definition) is 4. The van der Waals surface area contributed by atoms with E-state index >= 15 is 0 Å². The smallest absolute Gasteiger partial charge is 0.308 e. The van der Waals surface area contributed by atoms with Crippen LogP contribution in [-0.2, 0) is 19.1 Å². The van der Waals surface area contributed by atoms with Crippen molar-refractivity contribution in [1.29, 1.82) is 0 Å². The minimum atomic E-state index is -0.131. The van der Waals surface area contributed by atoms with Crippen LogP contribution in [-0.4, -0.2) is 24.6 Å². The topological polar surface area (TPSA) is 52.6 Å². The van der Waals surface area contributed by atoms with E-state index in [0.717, 1.165) is 31.1 Å². The predicted octanol–water partition coefficient (Wildman–Crippen LogP) is 4.11. The molecule has 0 heterocycles. The van der Waals surface area contributed by atoms with Crippen LogP contribution in [0.2, 0.25) is 0 Å². The monoisotopic (exact) mass is 336 g/mol. The third kappa shape index (κ3) is 4.12. The fourth-order valence-electron chi connectivity index (χ4n) is 5.13. The van der Waals surface area contributed by atoms with E-state index in [1.165, 1.54) is 32.1 Å². The van der Waals surface area contributed by atoms with Crippen molar-refractivity contribution in [2.75, 3.05) is 6.61 Å². The van der Waals surface area contributed by atoms with Crippen LogP contribution >= 0.6 is 0 Å². The van der Waals surface area contributed by atoms with Gasteiger partial charge < -0.3 is 9.47 Å². The summed E-state index contributed by atoms with van der Waals surface area (Å²) in [5.74, 6) is 2.84. The summed E-state index contributed by atoms with van der Waals surface area (Å²) in [6, 6.07) is 0. The average molecular weight is 336 g/mol. The minimum Gasteiger partial charge on any atom is -0.465 e. The molecule has 0 amide bonds. The predicted molar refractivity (Wildman–Crippen MR) is 91.2 cm³/mol. The quantitative estimate of drug-likeness (QED) is 0.494. The molecule has 0 aliphatic heterocycles. The van der Waals surface area contributed by atoms with E-state index in [-0.39, 0.29) is 24.0 Å². The van der Waals surface area contributed by atoms with Gasteiger partial charge in [-0.05, 0) is 75.0 Å². The largest absolute Gasteiger partial charge is 0.465 e. The van der Waals surface area contributed by atoms with Gasteiger partial charge in [-0.3, -0.25) is 9.59 Å². The van der Waals surface area contributed by atoms with Crippen LogP contribution in [0.3, 0.4) is 0 Å². The molecule has 1 atom stereocenters. The van der Waals surface area contributed by atoms with E-state index in [1.54, 1.807) is 0 Å². The lowest BCUT2D eigenvalue weighted by Crippen LogP contribution is -2.50. The molecule has 136 valence electrons. The van der Waals surface area contributed by atoms with E-state index in [1.807, 2.05) is 13.8 Å². The third-order valence-electron chi connectivity index (χ3n) is 6.44. The maximum absolute atomic E-state index is 12.2. The summed E-state index contributed by atoms with van der Waals surface area (Å²) in [6.45, 7) is 4.27. The first kappa shape index (κ1) is 17.8. The van der Waals surface area contributed by atoms with Crippen molar-refractivity contribution in [3.63, 3.8) is 0 Å². The Bertz CT molecular complexity index is 431. The van der Waals surface area contributed by atoms with Gasteiger partial charge in [0.15, 0.2) is 0 Å². The summed E-state index contributed by atoms with van der Waals surface area (Å²) < 4.78 is 11.1. The molecule has 1 unspecified atom stereocenters. The Morgan fingerprint density at radius 3 is 2.21 bits per heavy atom. The number of carbonyl (C=O) groups excluding carboxylic acids is 2. The second-order valence-corrected chi connectivity index (χ2v) is 8.32. The highest BCUT2D eigenvalue weighted by Crippen LogP contribution is 2.54. The van der Waals surface area contributed by atoms with E-state index < -0.39 is 0 Å². The first-order valence-electron chi connectivity index (χ1n) is 9.92. The van der Waals surface area contributed by atoms with E-state index in [0.29, 0.717) is 24.9 Å². The molecule has 4 fully saturated rings. The van der Waals surface area contributed by atoms with Crippen LogP contribution in [0.5, 0.6) is 0 Å². The zero-order chi connectivity index (χ0) is 17.1. The number of carbonyl (C=O) groups is 2. The zero-order valence-electron chi connectivity index (χ0n) is 15.2. The van der Waals surface area contributed by atoms with Crippen molar-refractivity contribution in [2.24, 2.45) is 29.6 Å². The number of rotatable bonds is 8. The SMILES string of the molecule is CCC(C)C(=O)OCCCCC(=O)OC1C2CC3CC(C2)CC1C3. The standard InChI is InChI=1S/C20H32O4/c1-3-13(2)20(22)23-7-5-4-6-18(21)24-19-16-9-14-8-15(11-16)12-17(19)10-14/h13-17,19H,3-12H2,1-2H3. The van der Waals surface area contributed by atoms with Crippen LogP contribution in [0, 0.1) is 29.6 Å². The summed E-state index contributed by atoms with van der Waals surface area (Å²) in [5.41, 5.74) is 0. The minimum absolute atomic E-state index is 0.0353. The van der Waals surface area contributed by atoms with Crippen molar-refractivity contribution in [1.82, 2.24) is 0 Å². The Balaban J connectivity index is 1.31. The molecule has 4 saturated carbocycles. The van der Waals surface area contributed by atoms with Crippen molar-refractivity contribution in [3.8, 4) is 0 Å². The second kappa shape index (κ2) is 7.88. The Hall–Kier alpha value is -1.06.